The van der Waals surface area contributed by atoms with Gasteiger partial charge in [-0.2, -0.15) is 0 Å². The van der Waals surface area contributed by atoms with E-state index >= 15 is 0 Å². The Kier molecular flexibility index (Phi) is 2.51. The van der Waals surface area contributed by atoms with Crippen molar-refractivity contribution in [3.63, 3.8) is 0 Å². The number of hydrogen-bond donors (Lipinski definition) is 0. The molecule has 1 unspecified atom stereocenters. The van der Waals surface area contributed by atoms with E-state index in [4.69, 9.17) is 33.2 Å². The van der Waals surface area contributed by atoms with Gasteiger partial charge in [-0.25, -0.2) is 0 Å². The first-order chi connectivity index (χ1) is 4.50. The van der Waals surface area contributed by atoms with Crippen molar-refractivity contribution < 1.29 is 0 Å². The largest absolute Gasteiger partial charge is 0.351 e. The van der Waals surface area contributed by atoms with Crippen LogP contribution in [0.1, 0.15) is 6.92 Å². The van der Waals surface area contributed by atoms with Crippen molar-refractivity contribution in [2.45, 2.75) is 12.5 Å². The van der Waals surface area contributed by atoms with Crippen LogP contribution in [0, 0.1) is 0 Å². The van der Waals surface area contributed by atoms with E-state index in [1.54, 1.807) is 0 Å². The molecule has 0 aromatic heterocycles. The molecule has 0 bridgehead atoms. The molecule has 0 saturated heterocycles. The summed E-state index contributed by atoms with van der Waals surface area (Å²) in [6.07, 6.45) is 5.94. The van der Waals surface area contributed by atoms with E-state index in [1.165, 1.54) is 5.57 Å². The third-order valence-corrected chi connectivity index (χ3v) is 4.77. The predicted molar refractivity (Wildman–Crippen MR) is 50.0 cm³/mol. The minimum absolute atomic E-state index is 0.0810. The summed E-state index contributed by atoms with van der Waals surface area (Å²) in [4.78, 5) is 0. The molecule has 0 aromatic rings. The smallest absolute Gasteiger partial charge is 0.125 e. The van der Waals surface area contributed by atoms with Crippen LogP contribution < -0.4 is 0 Å². The molecule has 0 nitrogen and oxygen atoms in total. The van der Waals surface area contributed by atoms with Crippen LogP contribution in [-0.4, -0.2) is 6.00 Å². The summed E-state index contributed by atoms with van der Waals surface area (Å²) in [6, 6.07) is -2.51. The summed E-state index contributed by atoms with van der Waals surface area (Å²) in [5.74, 6) is 0. The molecular weight excluding hydrogens is 207 g/mol. The lowest BCUT2D eigenvalue weighted by Crippen LogP contribution is -2.14. The van der Waals surface area contributed by atoms with E-state index in [1.807, 2.05) is 25.2 Å². The molecule has 0 amide bonds. The van der Waals surface area contributed by atoms with E-state index in [9.17, 15) is 0 Å². The lowest BCUT2D eigenvalue weighted by Gasteiger charge is -2.11. The third-order valence-electron chi connectivity index (χ3n) is 1.39. The van der Waals surface area contributed by atoms with Gasteiger partial charge in [-0.1, -0.05) is 23.8 Å². The van der Waals surface area contributed by atoms with E-state index in [2.05, 4.69) is 0 Å². The maximum atomic E-state index is 5.78. The summed E-state index contributed by atoms with van der Waals surface area (Å²) in [6.45, 7) is 2.00. The van der Waals surface area contributed by atoms with Crippen molar-refractivity contribution in [1.82, 2.24) is 0 Å². The summed E-state index contributed by atoms with van der Waals surface area (Å²) in [5, 5.41) is 0. The number of rotatable bonds is 1. The highest BCUT2D eigenvalue weighted by Gasteiger charge is 2.34. The zero-order chi connectivity index (χ0) is 7.78. The van der Waals surface area contributed by atoms with Crippen LogP contribution in [0.2, 0.25) is 5.54 Å². The van der Waals surface area contributed by atoms with Crippen LogP contribution in [0.25, 0.3) is 0 Å². The molecule has 0 spiro atoms. The molecule has 10 heavy (non-hydrogen) atoms. The molecule has 0 N–H and O–H groups in total. The van der Waals surface area contributed by atoms with Gasteiger partial charge in [0, 0.05) is 5.54 Å². The van der Waals surface area contributed by atoms with Crippen molar-refractivity contribution in [2.75, 3.05) is 0 Å². The zero-order valence-corrected chi connectivity index (χ0v) is 8.71. The second-order valence-corrected chi connectivity index (χ2v) is 11.2. The van der Waals surface area contributed by atoms with Gasteiger partial charge < -0.3 is 0 Å². The van der Waals surface area contributed by atoms with Crippen LogP contribution >= 0.6 is 33.2 Å². The standard InChI is InChI=1S/C6H7Cl3Si/c1-5-2-3-6(4-5)10(7,8)9/h2-4,6H,1H3. The first kappa shape index (κ1) is 8.66. The first-order valence-corrected chi connectivity index (χ1v) is 8.05. The topological polar surface area (TPSA) is 0 Å². The van der Waals surface area contributed by atoms with Gasteiger partial charge in [0.25, 0.3) is 0 Å². The molecule has 0 aromatic carbocycles. The monoisotopic (exact) mass is 212 g/mol. The molecule has 1 aliphatic carbocycles. The molecule has 1 rings (SSSR count). The molecule has 56 valence electrons. The molecule has 0 heterocycles. The Bertz CT molecular complexity index is 190. The minimum Gasteiger partial charge on any atom is -0.125 e. The van der Waals surface area contributed by atoms with Crippen LogP contribution in [-0.2, 0) is 0 Å². The van der Waals surface area contributed by atoms with Crippen molar-refractivity contribution in [3.8, 4) is 0 Å². The summed E-state index contributed by atoms with van der Waals surface area (Å²) >= 11 is 17.3. The van der Waals surface area contributed by atoms with E-state index in [-0.39, 0.29) is 5.54 Å². The van der Waals surface area contributed by atoms with E-state index < -0.39 is 6.00 Å². The Morgan fingerprint density at radius 2 is 2.00 bits per heavy atom. The average molecular weight is 214 g/mol. The number of halogens is 3. The maximum absolute atomic E-state index is 5.78. The highest BCUT2D eigenvalue weighted by Crippen LogP contribution is 2.39. The normalized spacial score (nSPS) is 25.2. The van der Waals surface area contributed by atoms with Crippen molar-refractivity contribution >= 4 is 39.2 Å². The van der Waals surface area contributed by atoms with Crippen LogP contribution in [0.4, 0.5) is 0 Å². The minimum atomic E-state index is -2.51. The molecule has 1 aliphatic rings. The van der Waals surface area contributed by atoms with Crippen molar-refractivity contribution in [1.29, 1.82) is 0 Å². The van der Waals surface area contributed by atoms with E-state index in [0.29, 0.717) is 0 Å². The van der Waals surface area contributed by atoms with Crippen LogP contribution in [0.5, 0.6) is 0 Å². The summed E-state index contributed by atoms with van der Waals surface area (Å²) in [5.41, 5.74) is 1.27. The molecule has 1 atom stereocenters. The zero-order valence-electron chi connectivity index (χ0n) is 5.44. The summed E-state index contributed by atoms with van der Waals surface area (Å²) < 4.78 is 0. The lowest BCUT2D eigenvalue weighted by molar-refractivity contribution is 1.38. The fourth-order valence-electron chi connectivity index (χ4n) is 0.853. The highest BCUT2D eigenvalue weighted by molar-refractivity contribution is 7.65. The first-order valence-electron chi connectivity index (χ1n) is 2.93. The van der Waals surface area contributed by atoms with Crippen molar-refractivity contribution in [2.24, 2.45) is 0 Å². The van der Waals surface area contributed by atoms with Crippen LogP contribution in [0.15, 0.2) is 23.8 Å². The van der Waals surface area contributed by atoms with Gasteiger partial charge in [-0.05, 0) is 6.92 Å². The molecule has 0 saturated carbocycles. The van der Waals surface area contributed by atoms with Gasteiger partial charge in [-0.3, -0.25) is 0 Å². The summed E-state index contributed by atoms with van der Waals surface area (Å²) in [7, 11) is 0. The quantitative estimate of drug-likeness (QED) is 0.462. The van der Waals surface area contributed by atoms with Gasteiger partial charge in [0.05, 0.1) is 0 Å². The number of allylic oxidation sites excluding steroid dienone is 4. The van der Waals surface area contributed by atoms with E-state index in [0.717, 1.165) is 0 Å². The SMILES string of the molecule is CC1=CC([Si](Cl)(Cl)Cl)C=C1. The lowest BCUT2D eigenvalue weighted by atomic mass is 10.3. The molecular formula is C6H7Cl3Si. The van der Waals surface area contributed by atoms with Crippen molar-refractivity contribution in [3.05, 3.63) is 23.8 Å². The molecule has 0 fully saturated rings. The maximum Gasteiger partial charge on any atom is 0.351 e. The van der Waals surface area contributed by atoms with Gasteiger partial charge in [-0.15, -0.1) is 33.2 Å². The average Bonchev–Trinajstić information content (AvgIpc) is 2.11. The van der Waals surface area contributed by atoms with Gasteiger partial charge in [0.2, 0.25) is 0 Å². The Hall–Kier alpha value is 0.567. The van der Waals surface area contributed by atoms with Gasteiger partial charge in [0.1, 0.15) is 0 Å². The fourth-order valence-corrected chi connectivity index (χ4v) is 2.84. The second kappa shape index (κ2) is 2.90. The van der Waals surface area contributed by atoms with Crippen LogP contribution in [0.3, 0.4) is 0 Å². The molecule has 0 radical (unpaired) electrons. The fraction of sp³-hybridized carbons (Fsp3) is 0.333. The highest BCUT2D eigenvalue weighted by atomic mass is 35.8. The van der Waals surface area contributed by atoms with Gasteiger partial charge in [0.15, 0.2) is 0 Å². The number of hydrogen-bond acceptors (Lipinski definition) is 0. The predicted octanol–water partition coefficient (Wildman–Crippen LogP) is 3.53. The Labute approximate surface area is 75.6 Å². The Morgan fingerprint density at radius 3 is 2.20 bits per heavy atom. The second-order valence-electron chi connectivity index (χ2n) is 2.34. The third kappa shape index (κ3) is 2.02. The Balaban J connectivity index is 2.72. The molecule has 4 heteroatoms. The Morgan fingerprint density at radius 1 is 1.40 bits per heavy atom. The van der Waals surface area contributed by atoms with Gasteiger partial charge >= 0.3 is 6.00 Å². The molecule has 0 aliphatic heterocycles.